The highest BCUT2D eigenvalue weighted by molar-refractivity contribution is 6.00. The van der Waals surface area contributed by atoms with Crippen LogP contribution in [0, 0.1) is 34.5 Å². The number of nitrogens with two attached hydrogens (primary N) is 1. The van der Waals surface area contributed by atoms with E-state index in [9.17, 15) is 10.1 Å². The van der Waals surface area contributed by atoms with E-state index in [0.29, 0.717) is 29.7 Å². The van der Waals surface area contributed by atoms with Crippen molar-refractivity contribution in [2.24, 2.45) is 28.9 Å². The predicted molar refractivity (Wildman–Crippen MR) is 139 cm³/mol. The first-order chi connectivity index (χ1) is 17.7. The molecule has 1 aliphatic heterocycles. The van der Waals surface area contributed by atoms with Crippen molar-refractivity contribution < 1.29 is 9.53 Å². The van der Waals surface area contributed by atoms with Crippen LogP contribution in [-0.4, -0.2) is 15.6 Å². The van der Waals surface area contributed by atoms with Gasteiger partial charge in [0.25, 0.3) is 0 Å². The third-order valence-corrected chi connectivity index (χ3v) is 9.69. The Hall–Kier alpha value is -3.33. The molecule has 190 valence electrons. The van der Waals surface area contributed by atoms with Gasteiger partial charge >= 0.3 is 0 Å². The molecule has 0 radical (unpaired) electrons. The van der Waals surface area contributed by atoms with E-state index in [1.54, 1.807) is 0 Å². The second-order valence-corrected chi connectivity index (χ2v) is 13.1. The van der Waals surface area contributed by atoms with Gasteiger partial charge in [-0.3, -0.25) is 4.79 Å². The Bertz CT molecular complexity index is 1370. The quantitative estimate of drug-likeness (QED) is 0.583. The number of hydrogen-bond acceptors (Lipinski definition) is 5. The van der Waals surface area contributed by atoms with Crippen LogP contribution in [0.15, 0.2) is 59.3 Å². The largest absolute Gasteiger partial charge is 0.444 e. The summed E-state index contributed by atoms with van der Waals surface area (Å²) in [5.41, 5.74) is 10.2. The lowest BCUT2D eigenvalue weighted by Gasteiger charge is -2.56. The van der Waals surface area contributed by atoms with E-state index in [1.165, 1.54) is 19.3 Å². The molecule has 4 bridgehead atoms. The number of ether oxygens (including phenoxy) is 1. The topological polar surface area (TPSA) is 93.9 Å². The van der Waals surface area contributed by atoms with E-state index in [-0.39, 0.29) is 22.5 Å². The zero-order valence-corrected chi connectivity index (χ0v) is 21.7. The number of allylic oxidation sites excluding steroid dienone is 3. The minimum absolute atomic E-state index is 0.00451. The summed E-state index contributed by atoms with van der Waals surface area (Å²) < 4.78 is 7.96. The molecule has 4 saturated carbocycles. The molecule has 1 aromatic carbocycles. The fraction of sp³-hybridized carbons (Fsp3) is 0.516. The van der Waals surface area contributed by atoms with Crippen LogP contribution in [0.3, 0.4) is 0 Å². The van der Waals surface area contributed by atoms with Gasteiger partial charge < -0.3 is 10.5 Å². The standard InChI is InChI=1S/C31H34N4O2/c1-30(2)14-24(36)27-25(15-30)37-29(33)22(16-32)26(27)23-17-35(21-6-4-3-5-7-21)34-28(23)31-11-18-8-19(12-31)10-20(9-18)13-31/h3-7,17-20,26H,8-15,33H2,1-2H3/t18?,19?,20?,26-,31?/m1/s1. The molecule has 4 fully saturated rings. The van der Waals surface area contributed by atoms with Crippen LogP contribution in [-0.2, 0) is 14.9 Å². The highest BCUT2D eigenvalue weighted by Gasteiger charge is 2.55. The van der Waals surface area contributed by atoms with Gasteiger partial charge in [0.1, 0.15) is 17.4 Å². The molecular weight excluding hydrogens is 460 g/mol. The van der Waals surface area contributed by atoms with E-state index >= 15 is 0 Å². The fourth-order valence-corrected chi connectivity index (χ4v) is 8.72. The maximum Gasteiger partial charge on any atom is 0.205 e. The third-order valence-electron chi connectivity index (χ3n) is 9.69. The number of nitrogens with zero attached hydrogens (tertiary/aromatic N) is 3. The summed E-state index contributed by atoms with van der Waals surface area (Å²) in [6, 6.07) is 12.5. The van der Waals surface area contributed by atoms with E-state index in [1.807, 2.05) is 22.9 Å². The molecule has 6 aliphatic rings. The Morgan fingerprint density at radius 1 is 1.05 bits per heavy atom. The third kappa shape index (κ3) is 3.50. The second-order valence-electron chi connectivity index (χ2n) is 13.1. The molecule has 0 spiro atoms. The molecule has 8 rings (SSSR count). The Morgan fingerprint density at radius 2 is 1.70 bits per heavy atom. The van der Waals surface area contributed by atoms with E-state index in [2.05, 4.69) is 38.2 Å². The summed E-state index contributed by atoms with van der Waals surface area (Å²) in [5.74, 6) is 2.53. The Balaban J connectivity index is 1.45. The molecule has 2 N–H and O–H groups in total. The maximum atomic E-state index is 13.7. The van der Waals surface area contributed by atoms with E-state index < -0.39 is 5.92 Å². The van der Waals surface area contributed by atoms with Crippen molar-refractivity contribution in [3.63, 3.8) is 0 Å². The first kappa shape index (κ1) is 22.8. The van der Waals surface area contributed by atoms with Gasteiger partial charge in [-0.25, -0.2) is 4.68 Å². The molecule has 2 heterocycles. The number of Topliss-reactive ketones (excluding diaryl/α,β-unsaturated/α-hetero) is 1. The molecule has 0 amide bonds. The summed E-state index contributed by atoms with van der Waals surface area (Å²) in [6.07, 6.45) is 10.6. The summed E-state index contributed by atoms with van der Waals surface area (Å²) in [7, 11) is 0. The summed E-state index contributed by atoms with van der Waals surface area (Å²) in [6.45, 7) is 4.17. The number of ketones is 1. The number of para-hydroxylation sites is 1. The number of benzene rings is 1. The lowest BCUT2D eigenvalue weighted by atomic mass is 9.48. The van der Waals surface area contributed by atoms with Crippen LogP contribution in [0.5, 0.6) is 0 Å². The second kappa shape index (κ2) is 7.84. The van der Waals surface area contributed by atoms with Crippen molar-refractivity contribution >= 4 is 5.78 Å². The number of carbonyl (C=O) groups is 1. The van der Waals surface area contributed by atoms with Crippen LogP contribution in [0.1, 0.15) is 82.4 Å². The number of carbonyl (C=O) groups excluding carboxylic acids is 1. The SMILES string of the molecule is CC1(C)CC(=O)C2=C(C1)OC(N)=C(C#N)[C@@H]2c1cn(-c2ccccc2)nc1C12CC3CC(CC(C3)C1)C2. The highest BCUT2D eigenvalue weighted by Crippen LogP contribution is 2.62. The molecule has 0 unspecified atom stereocenters. The maximum absolute atomic E-state index is 13.7. The molecule has 37 heavy (non-hydrogen) atoms. The van der Waals surface area contributed by atoms with Crippen molar-refractivity contribution in [1.29, 1.82) is 5.26 Å². The highest BCUT2D eigenvalue weighted by atomic mass is 16.5. The first-order valence-corrected chi connectivity index (χ1v) is 13.7. The minimum Gasteiger partial charge on any atom is -0.444 e. The molecule has 1 aromatic heterocycles. The lowest BCUT2D eigenvalue weighted by Crippen LogP contribution is -2.49. The van der Waals surface area contributed by atoms with Gasteiger partial charge in [-0.1, -0.05) is 32.0 Å². The van der Waals surface area contributed by atoms with Gasteiger partial charge in [-0.05, 0) is 73.8 Å². The minimum atomic E-state index is -0.530. The van der Waals surface area contributed by atoms with E-state index in [0.717, 1.165) is 54.0 Å². The monoisotopic (exact) mass is 494 g/mol. The molecule has 0 saturated heterocycles. The number of hydrogen-bond donors (Lipinski definition) is 1. The molecular formula is C31H34N4O2. The lowest BCUT2D eigenvalue weighted by molar-refractivity contribution is -0.119. The average molecular weight is 495 g/mol. The van der Waals surface area contributed by atoms with Crippen molar-refractivity contribution in [2.45, 2.75) is 76.5 Å². The Morgan fingerprint density at radius 3 is 2.32 bits per heavy atom. The Kier molecular flexibility index (Phi) is 4.84. The molecule has 6 heteroatoms. The van der Waals surface area contributed by atoms with Crippen LogP contribution < -0.4 is 5.73 Å². The zero-order chi connectivity index (χ0) is 25.5. The predicted octanol–water partition coefficient (Wildman–Crippen LogP) is 5.79. The zero-order valence-electron chi connectivity index (χ0n) is 21.7. The molecule has 2 aromatic rings. The van der Waals surface area contributed by atoms with Crippen molar-refractivity contribution in [3.05, 3.63) is 70.6 Å². The van der Waals surface area contributed by atoms with E-state index in [4.69, 9.17) is 15.6 Å². The van der Waals surface area contributed by atoms with Gasteiger partial charge in [0.15, 0.2) is 5.78 Å². The van der Waals surface area contributed by atoms with Gasteiger partial charge in [-0.2, -0.15) is 10.4 Å². The number of aromatic nitrogens is 2. The smallest absolute Gasteiger partial charge is 0.205 e. The Labute approximate surface area is 218 Å². The van der Waals surface area contributed by atoms with Crippen LogP contribution in [0.25, 0.3) is 5.69 Å². The number of rotatable bonds is 3. The first-order valence-electron chi connectivity index (χ1n) is 13.7. The molecule has 1 atom stereocenters. The normalized spacial score (nSPS) is 33.8. The van der Waals surface area contributed by atoms with Crippen molar-refractivity contribution in [2.75, 3.05) is 0 Å². The summed E-state index contributed by atoms with van der Waals surface area (Å²) >= 11 is 0. The van der Waals surface area contributed by atoms with Crippen LogP contribution in [0.4, 0.5) is 0 Å². The van der Waals surface area contributed by atoms with Gasteiger partial charge in [0, 0.05) is 35.6 Å². The number of nitriles is 1. The molecule has 5 aliphatic carbocycles. The van der Waals surface area contributed by atoms with Crippen LogP contribution >= 0.6 is 0 Å². The summed E-state index contributed by atoms with van der Waals surface area (Å²) in [4.78, 5) is 13.7. The fourth-order valence-electron chi connectivity index (χ4n) is 8.72. The molecule has 6 nitrogen and oxygen atoms in total. The van der Waals surface area contributed by atoms with Gasteiger partial charge in [0.05, 0.1) is 17.3 Å². The van der Waals surface area contributed by atoms with Gasteiger partial charge in [-0.15, -0.1) is 0 Å². The van der Waals surface area contributed by atoms with Crippen LogP contribution in [0.2, 0.25) is 0 Å². The average Bonchev–Trinajstić information content (AvgIpc) is 3.28. The van der Waals surface area contributed by atoms with Crippen molar-refractivity contribution in [1.82, 2.24) is 9.78 Å². The van der Waals surface area contributed by atoms with Gasteiger partial charge in [0.2, 0.25) is 5.88 Å². The summed E-state index contributed by atoms with van der Waals surface area (Å²) in [5, 5.41) is 15.6. The van der Waals surface area contributed by atoms with Crippen molar-refractivity contribution in [3.8, 4) is 11.8 Å².